The Balaban J connectivity index is 3.26. The Kier molecular flexibility index (Phi) is 48.2. The van der Waals surface area contributed by atoms with Gasteiger partial charge in [0.05, 0.1) is 0 Å². The Morgan fingerprint density at radius 3 is 0.768 bits per heavy atom. The van der Waals surface area contributed by atoms with Crippen molar-refractivity contribution in [2.75, 3.05) is 13.1 Å². The molecule has 0 aliphatic carbocycles. The van der Waals surface area contributed by atoms with E-state index in [9.17, 15) is 9.59 Å². The van der Waals surface area contributed by atoms with Crippen LogP contribution in [0.25, 0.3) is 0 Å². The Bertz CT molecular complexity index is 769. The summed E-state index contributed by atoms with van der Waals surface area (Å²) in [6, 6.07) is 0. The minimum Gasteiger partial charge on any atom is -0.356 e. The highest BCUT2D eigenvalue weighted by Crippen LogP contribution is 2.14. The third-order valence-corrected chi connectivity index (χ3v) is 11.6. The summed E-state index contributed by atoms with van der Waals surface area (Å²) < 4.78 is 0. The number of unbranched alkanes of at least 4 members (excludes halogenated alkanes) is 35. The van der Waals surface area contributed by atoms with Crippen LogP contribution in [0.3, 0.4) is 0 Å². The van der Waals surface area contributed by atoms with Gasteiger partial charge in [-0.3, -0.25) is 9.59 Å². The number of nitrogens with one attached hydrogen (secondary N) is 2. The zero-order valence-corrected chi connectivity index (χ0v) is 38.2. The van der Waals surface area contributed by atoms with Crippen LogP contribution in [0.2, 0.25) is 0 Å². The Morgan fingerprint density at radius 2 is 0.500 bits per heavy atom. The van der Waals surface area contributed by atoms with Gasteiger partial charge in [0.25, 0.3) is 0 Å². The van der Waals surface area contributed by atoms with Crippen LogP contribution in [0.5, 0.6) is 0 Å². The fourth-order valence-electron chi connectivity index (χ4n) is 7.72. The van der Waals surface area contributed by atoms with Crippen LogP contribution in [0.15, 0.2) is 24.3 Å². The van der Waals surface area contributed by atoms with Gasteiger partial charge in [-0.25, -0.2) is 0 Å². The van der Waals surface area contributed by atoms with Gasteiger partial charge < -0.3 is 10.6 Å². The number of amides is 2. The molecule has 0 bridgehead atoms. The summed E-state index contributed by atoms with van der Waals surface area (Å²) in [7, 11) is 0. The lowest BCUT2D eigenvalue weighted by Gasteiger charge is -2.07. The predicted molar refractivity (Wildman–Crippen MR) is 250 cm³/mol. The molecule has 0 aromatic rings. The lowest BCUT2D eigenvalue weighted by molar-refractivity contribution is -0.122. The summed E-state index contributed by atoms with van der Waals surface area (Å²) in [4.78, 5) is 24.3. The van der Waals surface area contributed by atoms with E-state index in [0.29, 0.717) is 12.8 Å². The zero-order valence-electron chi connectivity index (χ0n) is 38.2. The molecule has 0 unspecified atom stereocenters. The van der Waals surface area contributed by atoms with Gasteiger partial charge in [-0.1, -0.05) is 218 Å². The number of carbonyl (C=O) groups excluding carboxylic acids is 2. The molecule has 0 fully saturated rings. The molecule has 2 N–H and O–H groups in total. The number of rotatable bonds is 47. The number of hydrogen-bond acceptors (Lipinski definition) is 2. The average Bonchev–Trinajstić information content (AvgIpc) is 3.20. The topological polar surface area (TPSA) is 58.2 Å². The quantitative estimate of drug-likeness (QED) is 0.0477. The molecule has 0 rings (SSSR count). The van der Waals surface area contributed by atoms with Crippen LogP contribution >= 0.6 is 0 Å². The zero-order chi connectivity index (χ0) is 40.5. The van der Waals surface area contributed by atoms with Gasteiger partial charge in [0.2, 0.25) is 11.8 Å². The normalized spacial score (nSPS) is 11.7. The van der Waals surface area contributed by atoms with Crippen molar-refractivity contribution in [3.63, 3.8) is 0 Å². The first-order chi connectivity index (χ1) is 27.7. The number of carbonyl (C=O) groups is 2. The molecule has 0 spiro atoms. The van der Waals surface area contributed by atoms with Crippen molar-refractivity contribution in [3.8, 4) is 0 Å². The van der Waals surface area contributed by atoms with Gasteiger partial charge in [0.1, 0.15) is 0 Å². The summed E-state index contributed by atoms with van der Waals surface area (Å²) in [5.74, 6) is 0.473. The molecule has 56 heavy (non-hydrogen) atoms. The maximum Gasteiger partial charge on any atom is 0.219 e. The van der Waals surface area contributed by atoms with Crippen LogP contribution in [0.1, 0.15) is 284 Å². The van der Waals surface area contributed by atoms with Crippen LogP contribution in [0.4, 0.5) is 0 Å². The Morgan fingerprint density at radius 1 is 0.286 bits per heavy atom. The van der Waals surface area contributed by atoms with Crippen molar-refractivity contribution in [3.05, 3.63) is 24.3 Å². The fourth-order valence-corrected chi connectivity index (χ4v) is 7.72. The largest absolute Gasteiger partial charge is 0.356 e. The molecule has 0 aliphatic heterocycles. The van der Waals surface area contributed by atoms with Crippen LogP contribution in [-0.4, -0.2) is 24.9 Å². The molecule has 4 nitrogen and oxygen atoms in total. The lowest BCUT2D eigenvalue weighted by Crippen LogP contribution is -2.24. The molecule has 0 radical (unpaired) electrons. The highest BCUT2D eigenvalue weighted by atomic mass is 16.2. The minimum absolute atomic E-state index is 0.236. The molecule has 4 heteroatoms. The highest BCUT2D eigenvalue weighted by molar-refractivity contribution is 5.76. The van der Waals surface area contributed by atoms with Gasteiger partial charge in [-0.15, -0.1) is 0 Å². The van der Waals surface area contributed by atoms with Gasteiger partial charge in [0, 0.05) is 25.9 Å². The smallest absolute Gasteiger partial charge is 0.219 e. The molecule has 0 aliphatic rings. The standard InChI is InChI=1S/C52H100N2O2/c1-3-5-7-9-11-13-15-17-19-21-23-25-27-29-31-33-35-39-43-47-51(55)53-49-45-41-37-38-42-46-50-54-52(56)48-44-40-36-34-32-30-28-26-24-22-20-18-16-14-12-10-8-6-4-2/h17-20H,3-16,21-50H2,1-2H3,(H,53,55)(H,54,56)/b19-17-,20-18-. The van der Waals surface area contributed by atoms with Crippen molar-refractivity contribution in [2.45, 2.75) is 284 Å². The van der Waals surface area contributed by atoms with E-state index in [1.54, 1.807) is 0 Å². The van der Waals surface area contributed by atoms with E-state index in [0.717, 1.165) is 38.8 Å². The monoisotopic (exact) mass is 785 g/mol. The first-order valence-electron chi connectivity index (χ1n) is 25.5. The first-order valence-corrected chi connectivity index (χ1v) is 25.5. The molecule has 0 aromatic carbocycles. The summed E-state index contributed by atoms with van der Waals surface area (Å²) in [5, 5.41) is 6.25. The minimum atomic E-state index is 0.236. The van der Waals surface area contributed by atoms with Crippen LogP contribution in [0, 0.1) is 0 Å². The van der Waals surface area contributed by atoms with Crippen molar-refractivity contribution < 1.29 is 9.59 Å². The molecule has 330 valence electrons. The molecule has 0 aromatic heterocycles. The Labute approximate surface area is 351 Å². The SMILES string of the molecule is CCCCCCCC/C=C\CCCCCCCCCCCC(=O)NCCCCCCCCNC(=O)CCCCCCCCCCC/C=C\CCCCCCCC. The third-order valence-electron chi connectivity index (χ3n) is 11.6. The van der Waals surface area contributed by atoms with Crippen molar-refractivity contribution >= 4 is 11.8 Å². The van der Waals surface area contributed by atoms with E-state index in [-0.39, 0.29) is 11.8 Å². The molecule has 0 saturated carbocycles. The van der Waals surface area contributed by atoms with Crippen LogP contribution < -0.4 is 10.6 Å². The summed E-state index contributed by atoms with van der Waals surface area (Å²) >= 11 is 0. The second kappa shape index (κ2) is 49.6. The fraction of sp³-hybridized carbons (Fsp3) is 0.885. The molecular weight excluding hydrogens is 685 g/mol. The van der Waals surface area contributed by atoms with Gasteiger partial charge in [-0.2, -0.15) is 0 Å². The third kappa shape index (κ3) is 48.6. The summed E-state index contributed by atoms with van der Waals surface area (Å²) in [6.45, 7) is 6.21. The summed E-state index contributed by atoms with van der Waals surface area (Å²) in [5.41, 5.74) is 0. The Hall–Kier alpha value is -1.58. The molecule has 2 amide bonds. The number of allylic oxidation sites excluding steroid dienone is 4. The van der Waals surface area contributed by atoms with Crippen molar-refractivity contribution in [1.82, 2.24) is 10.6 Å². The molecule has 0 heterocycles. The maximum absolute atomic E-state index is 12.2. The lowest BCUT2D eigenvalue weighted by atomic mass is 10.1. The highest BCUT2D eigenvalue weighted by Gasteiger charge is 2.03. The van der Waals surface area contributed by atoms with Crippen molar-refractivity contribution in [1.29, 1.82) is 0 Å². The second-order valence-electron chi connectivity index (χ2n) is 17.3. The number of hydrogen-bond donors (Lipinski definition) is 2. The first kappa shape index (κ1) is 54.4. The molecular formula is C52H100N2O2. The van der Waals surface area contributed by atoms with Crippen molar-refractivity contribution in [2.24, 2.45) is 0 Å². The van der Waals surface area contributed by atoms with Gasteiger partial charge in [0.15, 0.2) is 0 Å². The average molecular weight is 785 g/mol. The van der Waals surface area contributed by atoms with E-state index in [4.69, 9.17) is 0 Å². The predicted octanol–water partition coefficient (Wildman–Crippen LogP) is 16.8. The van der Waals surface area contributed by atoms with E-state index in [1.807, 2.05) is 0 Å². The summed E-state index contributed by atoms with van der Waals surface area (Å²) in [6.07, 6.45) is 63.1. The second-order valence-corrected chi connectivity index (χ2v) is 17.3. The molecule has 0 saturated heterocycles. The van der Waals surface area contributed by atoms with E-state index in [1.165, 1.54) is 231 Å². The van der Waals surface area contributed by atoms with E-state index >= 15 is 0 Å². The van der Waals surface area contributed by atoms with Gasteiger partial charge in [-0.05, 0) is 77.0 Å². The van der Waals surface area contributed by atoms with Crippen LogP contribution in [-0.2, 0) is 9.59 Å². The van der Waals surface area contributed by atoms with Gasteiger partial charge >= 0.3 is 0 Å². The van der Waals surface area contributed by atoms with E-state index < -0.39 is 0 Å². The maximum atomic E-state index is 12.2. The molecule has 0 atom stereocenters. The van der Waals surface area contributed by atoms with E-state index in [2.05, 4.69) is 48.8 Å².